The number of ether oxygens (including phenoxy) is 2. The number of furan rings is 1. The van der Waals surface area contributed by atoms with Crippen LogP contribution in [0.15, 0.2) is 44.8 Å². The summed E-state index contributed by atoms with van der Waals surface area (Å²) in [5, 5.41) is 12.9. The predicted octanol–water partition coefficient (Wildman–Crippen LogP) is 5.86. The Bertz CT molecular complexity index is 1580. The summed E-state index contributed by atoms with van der Waals surface area (Å²) in [6, 6.07) is 7.24. The van der Waals surface area contributed by atoms with Crippen molar-refractivity contribution in [1.29, 1.82) is 0 Å². The van der Waals surface area contributed by atoms with Gasteiger partial charge in [-0.05, 0) is 30.4 Å². The standard InChI is InChI=1S/C21H14ClN5O4S2/c1-10-3-14(26-31-10)19-23-12(9-32-19)8-29-16-4-11(22)5-17-13(16)6-18(30-17)15-7-27-20(24-15)33-21(25-27)28-2/h3-7,9H,8H2,1-2H3. The zero-order valence-corrected chi connectivity index (χ0v) is 19.6. The van der Waals surface area contributed by atoms with Crippen LogP contribution in [0.1, 0.15) is 11.5 Å². The summed E-state index contributed by atoms with van der Waals surface area (Å²) in [5.41, 5.74) is 2.75. The Balaban J connectivity index is 1.28. The topological polar surface area (TPSA) is 101 Å². The molecule has 166 valence electrons. The number of benzene rings is 1. The van der Waals surface area contributed by atoms with Crippen LogP contribution in [0.3, 0.4) is 0 Å². The van der Waals surface area contributed by atoms with Gasteiger partial charge in [0.15, 0.2) is 5.76 Å². The molecule has 9 nitrogen and oxygen atoms in total. The van der Waals surface area contributed by atoms with E-state index in [1.807, 2.05) is 24.4 Å². The van der Waals surface area contributed by atoms with E-state index in [4.69, 9.17) is 30.0 Å². The van der Waals surface area contributed by atoms with Gasteiger partial charge in [-0.15, -0.1) is 16.4 Å². The molecule has 0 aliphatic heterocycles. The summed E-state index contributed by atoms with van der Waals surface area (Å²) in [7, 11) is 1.57. The van der Waals surface area contributed by atoms with Gasteiger partial charge in [0.1, 0.15) is 40.1 Å². The van der Waals surface area contributed by atoms with Crippen LogP contribution in [0.25, 0.3) is 38.1 Å². The van der Waals surface area contributed by atoms with Crippen LogP contribution in [0.5, 0.6) is 10.9 Å². The summed E-state index contributed by atoms with van der Waals surface area (Å²) >= 11 is 9.14. The quantitative estimate of drug-likeness (QED) is 0.280. The van der Waals surface area contributed by atoms with E-state index in [2.05, 4.69) is 20.2 Å². The van der Waals surface area contributed by atoms with E-state index < -0.39 is 0 Å². The van der Waals surface area contributed by atoms with Gasteiger partial charge in [0, 0.05) is 22.5 Å². The smallest absolute Gasteiger partial charge is 0.294 e. The van der Waals surface area contributed by atoms with Gasteiger partial charge in [-0.25, -0.2) is 14.5 Å². The van der Waals surface area contributed by atoms with Crippen LogP contribution in [0.2, 0.25) is 5.02 Å². The molecule has 0 bridgehead atoms. The normalized spacial score (nSPS) is 11.6. The molecule has 0 fully saturated rings. The van der Waals surface area contributed by atoms with Crippen LogP contribution in [0, 0.1) is 6.92 Å². The summed E-state index contributed by atoms with van der Waals surface area (Å²) in [6.07, 6.45) is 1.79. The third-order valence-electron chi connectivity index (χ3n) is 4.79. The Kier molecular flexibility index (Phi) is 4.82. The SMILES string of the molecule is COc1nn2cc(-c3cc4c(OCc5csc(-c6cc(C)on6)n5)cc(Cl)cc4o3)nc2s1. The van der Waals surface area contributed by atoms with Gasteiger partial charge in [-0.3, -0.25) is 0 Å². The fourth-order valence-electron chi connectivity index (χ4n) is 3.31. The first-order valence-corrected chi connectivity index (χ1v) is 11.8. The summed E-state index contributed by atoms with van der Waals surface area (Å²) in [6.45, 7) is 2.12. The average molecular weight is 500 g/mol. The minimum atomic E-state index is 0.271. The van der Waals surface area contributed by atoms with Gasteiger partial charge in [0.25, 0.3) is 5.19 Å². The summed E-state index contributed by atoms with van der Waals surface area (Å²) in [5.74, 6) is 1.92. The van der Waals surface area contributed by atoms with Crippen molar-refractivity contribution < 1.29 is 18.4 Å². The first-order valence-electron chi connectivity index (χ1n) is 9.70. The number of thiazole rings is 1. The highest BCUT2D eigenvalue weighted by molar-refractivity contribution is 7.18. The van der Waals surface area contributed by atoms with Gasteiger partial charge >= 0.3 is 0 Å². The Labute approximate surface area is 199 Å². The Morgan fingerprint density at radius 2 is 2.06 bits per heavy atom. The van der Waals surface area contributed by atoms with Crippen molar-refractivity contribution >= 4 is 50.2 Å². The number of methoxy groups -OCH3 is 1. The van der Waals surface area contributed by atoms with Gasteiger partial charge < -0.3 is 18.4 Å². The molecule has 0 aliphatic carbocycles. The van der Waals surface area contributed by atoms with E-state index in [0.717, 1.165) is 21.8 Å². The van der Waals surface area contributed by atoms with Crippen molar-refractivity contribution in [3.05, 3.63) is 52.3 Å². The first kappa shape index (κ1) is 20.2. The molecule has 0 saturated carbocycles. The Hall–Kier alpha value is -3.41. The van der Waals surface area contributed by atoms with E-state index >= 15 is 0 Å². The minimum Gasteiger partial charge on any atom is -0.486 e. The largest absolute Gasteiger partial charge is 0.486 e. The monoisotopic (exact) mass is 499 g/mol. The number of fused-ring (bicyclic) bond motifs is 2. The maximum Gasteiger partial charge on any atom is 0.294 e. The van der Waals surface area contributed by atoms with Crippen LogP contribution >= 0.6 is 34.3 Å². The van der Waals surface area contributed by atoms with Crippen molar-refractivity contribution in [1.82, 2.24) is 24.7 Å². The zero-order valence-electron chi connectivity index (χ0n) is 17.2. The average Bonchev–Trinajstić information content (AvgIpc) is 3.58. The first-order chi connectivity index (χ1) is 16.1. The van der Waals surface area contributed by atoms with Crippen LogP contribution < -0.4 is 9.47 Å². The molecule has 0 atom stereocenters. The number of rotatable bonds is 6. The third-order valence-corrected chi connectivity index (χ3v) is 6.81. The molecule has 0 radical (unpaired) electrons. The molecule has 0 amide bonds. The van der Waals surface area contributed by atoms with Crippen LogP contribution in [0.4, 0.5) is 0 Å². The van der Waals surface area contributed by atoms with Crippen molar-refractivity contribution in [2.24, 2.45) is 0 Å². The second kappa shape index (κ2) is 7.87. The molecule has 6 rings (SSSR count). The maximum atomic E-state index is 6.31. The molecule has 5 heterocycles. The summed E-state index contributed by atoms with van der Waals surface area (Å²) in [4.78, 5) is 9.86. The fraction of sp³-hybridized carbons (Fsp3) is 0.143. The highest BCUT2D eigenvalue weighted by Crippen LogP contribution is 2.37. The molecule has 33 heavy (non-hydrogen) atoms. The second-order valence-corrected chi connectivity index (χ2v) is 9.32. The van der Waals surface area contributed by atoms with E-state index in [0.29, 0.717) is 43.7 Å². The molecular formula is C21H14ClN5O4S2. The van der Waals surface area contributed by atoms with Gasteiger partial charge in [0.2, 0.25) is 4.96 Å². The maximum absolute atomic E-state index is 6.31. The lowest BCUT2D eigenvalue weighted by Crippen LogP contribution is -1.96. The van der Waals surface area contributed by atoms with Gasteiger partial charge in [0.05, 0.1) is 24.4 Å². The van der Waals surface area contributed by atoms with Crippen molar-refractivity contribution in [2.75, 3.05) is 7.11 Å². The molecule has 0 aliphatic rings. The van der Waals surface area contributed by atoms with Crippen molar-refractivity contribution in [3.63, 3.8) is 0 Å². The number of imidazole rings is 1. The molecule has 0 N–H and O–H groups in total. The molecule has 1 aromatic carbocycles. The molecular weight excluding hydrogens is 486 g/mol. The van der Waals surface area contributed by atoms with Gasteiger partial charge in [-0.2, -0.15) is 0 Å². The molecule has 5 aromatic heterocycles. The summed E-state index contributed by atoms with van der Waals surface area (Å²) < 4.78 is 24.0. The number of halogens is 1. The van der Waals surface area contributed by atoms with E-state index in [-0.39, 0.29) is 6.61 Å². The molecule has 0 spiro atoms. The lowest BCUT2D eigenvalue weighted by molar-refractivity contribution is 0.306. The number of aryl methyl sites for hydroxylation is 1. The van der Waals surface area contributed by atoms with Gasteiger partial charge in [-0.1, -0.05) is 16.8 Å². The highest BCUT2D eigenvalue weighted by atomic mass is 35.5. The Morgan fingerprint density at radius 1 is 1.15 bits per heavy atom. The highest BCUT2D eigenvalue weighted by Gasteiger charge is 2.17. The van der Waals surface area contributed by atoms with Crippen molar-refractivity contribution in [2.45, 2.75) is 13.5 Å². The number of hydrogen-bond donors (Lipinski definition) is 0. The van der Waals surface area contributed by atoms with Crippen LogP contribution in [-0.2, 0) is 6.61 Å². The van der Waals surface area contributed by atoms with E-state index in [1.165, 1.54) is 22.7 Å². The lowest BCUT2D eigenvalue weighted by Gasteiger charge is -2.06. The van der Waals surface area contributed by atoms with E-state index in [1.54, 1.807) is 30.0 Å². The second-order valence-electron chi connectivity index (χ2n) is 7.11. The van der Waals surface area contributed by atoms with Crippen molar-refractivity contribution in [3.8, 4) is 33.1 Å². The van der Waals surface area contributed by atoms with Crippen LogP contribution in [-0.4, -0.2) is 31.8 Å². The number of hydrogen-bond acceptors (Lipinski definition) is 10. The molecule has 6 aromatic rings. The predicted molar refractivity (Wildman–Crippen MR) is 124 cm³/mol. The zero-order chi connectivity index (χ0) is 22.5. The number of aromatic nitrogens is 5. The molecule has 12 heteroatoms. The molecule has 0 saturated heterocycles. The molecule has 0 unspecified atom stereocenters. The van der Waals surface area contributed by atoms with E-state index in [9.17, 15) is 0 Å². The minimum absolute atomic E-state index is 0.271. The third kappa shape index (κ3) is 3.73. The fourth-order valence-corrected chi connectivity index (χ4v) is 4.97. The Morgan fingerprint density at radius 3 is 2.85 bits per heavy atom. The number of nitrogens with zero attached hydrogens (tertiary/aromatic N) is 5. The lowest BCUT2D eigenvalue weighted by atomic mass is 10.2.